The zero-order chi connectivity index (χ0) is 11.6. The molecule has 2 nitrogen and oxygen atoms in total. The SMILES string of the molecule is O=C([O-])/C(S)=C/c1c(Cl)ccc(Cl)c1Cl.[Na+]. The Bertz CT molecular complexity index is 449. The van der Waals surface area contributed by atoms with Crippen LogP contribution in [-0.2, 0) is 4.79 Å². The van der Waals surface area contributed by atoms with Crippen LogP contribution in [0.25, 0.3) is 6.08 Å². The van der Waals surface area contributed by atoms with Gasteiger partial charge in [-0.2, -0.15) is 0 Å². The summed E-state index contributed by atoms with van der Waals surface area (Å²) in [6.45, 7) is 0. The summed E-state index contributed by atoms with van der Waals surface area (Å²) < 4.78 is 0. The molecule has 7 heteroatoms. The first-order valence-electron chi connectivity index (χ1n) is 3.69. The van der Waals surface area contributed by atoms with Crippen molar-refractivity contribution in [3.63, 3.8) is 0 Å². The van der Waals surface area contributed by atoms with E-state index in [-0.39, 0.29) is 49.5 Å². The second kappa shape index (κ2) is 7.17. The van der Waals surface area contributed by atoms with E-state index in [4.69, 9.17) is 34.8 Å². The van der Waals surface area contributed by atoms with Crippen molar-refractivity contribution in [2.75, 3.05) is 0 Å². The fourth-order valence-electron chi connectivity index (χ4n) is 0.871. The zero-order valence-corrected chi connectivity index (χ0v) is 13.3. The molecule has 0 saturated carbocycles. The van der Waals surface area contributed by atoms with Crippen LogP contribution in [0.15, 0.2) is 17.0 Å². The first-order chi connectivity index (χ1) is 6.93. The van der Waals surface area contributed by atoms with Crippen molar-refractivity contribution in [2.45, 2.75) is 0 Å². The van der Waals surface area contributed by atoms with Crippen LogP contribution in [0.1, 0.15) is 5.56 Å². The third kappa shape index (κ3) is 4.15. The van der Waals surface area contributed by atoms with E-state index in [1.165, 1.54) is 18.2 Å². The smallest absolute Gasteiger partial charge is 0.544 e. The Morgan fingerprint density at radius 3 is 2.25 bits per heavy atom. The monoisotopic (exact) mass is 304 g/mol. The molecule has 16 heavy (non-hydrogen) atoms. The van der Waals surface area contributed by atoms with Crippen molar-refractivity contribution in [1.29, 1.82) is 0 Å². The van der Waals surface area contributed by atoms with Crippen LogP contribution in [0.5, 0.6) is 0 Å². The van der Waals surface area contributed by atoms with Gasteiger partial charge in [-0.05, 0) is 18.2 Å². The van der Waals surface area contributed by atoms with Gasteiger partial charge in [0.05, 0.1) is 16.0 Å². The molecule has 0 aromatic heterocycles. The largest absolute Gasteiger partial charge is 1.00 e. The van der Waals surface area contributed by atoms with Crippen molar-refractivity contribution in [2.24, 2.45) is 0 Å². The molecule has 1 aromatic carbocycles. The molecule has 0 aliphatic heterocycles. The van der Waals surface area contributed by atoms with Crippen LogP contribution >= 0.6 is 47.4 Å². The summed E-state index contributed by atoms with van der Waals surface area (Å²) in [5.74, 6) is -1.41. The second-order valence-corrected chi connectivity index (χ2v) is 4.25. The molecular formula is C9H4Cl3NaO2S. The molecule has 0 bridgehead atoms. The standard InChI is InChI=1S/C9H5Cl3O2S.Na/c10-5-1-2-6(11)8(12)4(5)3-7(15)9(13)14;/h1-3,15H,(H,13,14);/q;+1/p-1/b7-3-;. The number of carbonyl (C=O) groups is 1. The maximum absolute atomic E-state index is 10.4. The Balaban J connectivity index is 0.00000225. The quantitative estimate of drug-likeness (QED) is 0.352. The molecule has 0 aliphatic carbocycles. The molecule has 1 aromatic rings. The molecule has 80 valence electrons. The first-order valence-corrected chi connectivity index (χ1v) is 5.27. The number of aliphatic carboxylic acids is 1. The number of hydrogen-bond acceptors (Lipinski definition) is 3. The Morgan fingerprint density at radius 1 is 1.25 bits per heavy atom. The number of carboxylic acids is 1. The van der Waals surface area contributed by atoms with Crippen LogP contribution in [0, 0.1) is 0 Å². The zero-order valence-electron chi connectivity index (χ0n) is 8.13. The molecule has 0 saturated heterocycles. The van der Waals surface area contributed by atoms with E-state index in [9.17, 15) is 9.90 Å². The number of carboxylic acid groups (broad SMARTS) is 1. The van der Waals surface area contributed by atoms with E-state index in [2.05, 4.69) is 12.6 Å². The van der Waals surface area contributed by atoms with Crippen molar-refractivity contribution in [1.82, 2.24) is 0 Å². The summed E-state index contributed by atoms with van der Waals surface area (Å²) in [5, 5.41) is 11.2. The summed E-state index contributed by atoms with van der Waals surface area (Å²) in [6.07, 6.45) is 1.19. The molecule has 0 N–H and O–H groups in total. The van der Waals surface area contributed by atoms with Gasteiger partial charge in [0.25, 0.3) is 0 Å². The Hall–Kier alpha value is 0.650. The van der Waals surface area contributed by atoms with Crippen LogP contribution in [0.4, 0.5) is 0 Å². The average molecular weight is 306 g/mol. The van der Waals surface area contributed by atoms with Crippen molar-refractivity contribution < 1.29 is 39.5 Å². The summed E-state index contributed by atoms with van der Waals surface area (Å²) in [4.78, 5) is 10.2. The molecule has 0 amide bonds. The molecule has 0 radical (unpaired) electrons. The van der Waals surface area contributed by atoms with Gasteiger partial charge in [0.15, 0.2) is 0 Å². The van der Waals surface area contributed by atoms with Crippen LogP contribution in [-0.4, -0.2) is 5.97 Å². The van der Waals surface area contributed by atoms with Gasteiger partial charge >= 0.3 is 29.6 Å². The molecule has 0 atom stereocenters. The van der Waals surface area contributed by atoms with E-state index in [1.807, 2.05) is 0 Å². The number of thiol groups is 1. The van der Waals surface area contributed by atoms with E-state index in [0.29, 0.717) is 5.56 Å². The van der Waals surface area contributed by atoms with Crippen LogP contribution in [0.3, 0.4) is 0 Å². The molecule has 0 heterocycles. The van der Waals surface area contributed by atoms with Crippen molar-refractivity contribution in [3.8, 4) is 0 Å². The van der Waals surface area contributed by atoms with Crippen molar-refractivity contribution in [3.05, 3.63) is 37.7 Å². The third-order valence-electron chi connectivity index (χ3n) is 1.57. The van der Waals surface area contributed by atoms with E-state index in [1.54, 1.807) is 0 Å². The molecule has 1 rings (SSSR count). The van der Waals surface area contributed by atoms with E-state index >= 15 is 0 Å². The molecule has 0 fully saturated rings. The topological polar surface area (TPSA) is 40.1 Å². The Morgan fingerprint density at radius 2 is 1.75 bits per heavy atom. The van der Waals surface area contributed by atoms with Gasteiger partial charge in [-0.3, -0.25) is 0 Å². The van der Waals surface area contributed by atoms with Crippen LogP contribution in [0.2, 0.25) is 15.1 Å². The maximum Gasteiger partial charge on any atom is 1.00 e. The summed E-state index contributed by atoms with van der Waals surface area (Å²) in [7, 11) is 0. The Kier molecular flexibility index (Phi) is 7.46. The predicted molar refractivity (Wildman–Crippen MR) is 63.4 cm³/mol. The fraction of sp³-hybridized carbons (Fsp3) is 0. The van der Waals surface area contributed by atoms with Gasteiger partial charge in [0.1, 0.15) is 0 Å². The molecule has 0 spiro atoms. The van der Waals surface area contributed by atoms with Gasteiger partial charge in [-0.1, -0.05) is 34.8 Å². The number of carbonyl (C=O) groups excluding carboxylic acids is 1. The maximum atomic E-state index is 10.4. The van der Waals surface area contributed by atoms with Gasteiger partial charge < -0.3 is 9.90 Å². The normalized spacial score (nSPS) is 10.9. The van der Waals surface area contributed by atoms with E-state index in [0.717, 1.165) is 0 Å². The third-order valence-corrected chi connectivity index (χ3v) is 3.03. The first kappa shape index (κ1) is 16.6. The summed E-state index contributed by atoms with van der Waals surface area (Å²) >= 11 is 21.1. The van der Waals surface area contributed by atoms with Gasteiger partial charge in [0, 0.05) is 15.5 Å². The fourth-order valence-corrected chi connectivity index (χ4v) is 1.64. The minimum Gasteiger partial charge on any atom is -0.544 e. The number of hydrogen-bond donors (Lipinski definition) is 1. The molecule has 0 unspecified atom stereocenters. The van der Waals surface area contributed by atoms with Gasteiger partial charge in [-0.15, -0.1) is 12.6 Å². The Labute approximate surface area is 135 Å². The molecule has 0 aliphatic rings. The average Bonchev–Trinajstić information content (AvgIpc) is 2.18. The summed E-state index contributed by atoms with van der Waals surface area (Å²) in [5.41, 5.74) is 0.306. The minimum absolute atomic E-state index is 0. The molecular weight excluding hydrogens is 302 g/mol. The van der Waals surface area contributed by atoms with Gasteiger partial charge in [-0.25, -0.2) is 0 Å². The number of halogens is 3. The minimum atomic E-state index is -1.41. The predicted octanol–water partition coefficient (Wildman–Crippen LogP) is -0.329. The van der Waals surface area contributed by atoms with E-state index < -0.39 is 5.97 Å². The van der Waals surface area contributed by atoms with Crippen molar-refractivity contribution >= 4 is 59.5 Å². The number of benzene rings is 1. The van der Waals surface area contributed by atoms with Gasteiger partial charge in [0.2, 0.25) is 0 Å². The van der Waals surface area contributed by atoms with Crippen LogP contribution < -0.4 is 34.7 Å². The summed E-state index contributed by atoms with van der Waals surface area (Å²) in [6, 6.07) is 3.03. The second-order valence-electron chi connectivity index (χ2n) is 2.57. The number of rotatable bonds is 2.